The molecule has 0 N–H and O–H groups in total. The number of hydrogen-bond acceptors (Lipinski definition) is 2. The van der Waals surface area contributed by atoms with E-state index in [-0.39, 0.29) is 0 Å². The van der Waals surface area contributed by atoms with Crippen LogP contribution in [0.3, 0.4) is 0 Å². The molecule has 0 bridgehead atoms. The van der Waals surface area contributed by atoms with Gasteiger partial charge < -0.3 is 4.74 Å². The normalized spacial score (nSPS) is 12.5. The minimum absolute atomic E-state index is 0.448. The van der Waals surface area contributed by atoms with Gasteiger partial charge in [-0.1, -0.05) is 12.7 Å². The molecule has 0 fully saturated rings. The largest absolute Gasteiger partial charge is 0.497 e. The van der Waals surface area contributed by atoms with Crippen molar-refractivity contribution in [3.63, 3.8) is 0 Å². The van der Waals surface area contributed by atoms with Gasteiger partial charge in [0.15, 0.2) is 0 Å². The number of allylic oxidation sites excluding steroid dienone is 3. The molecule has 0 aliphatic rings. The third-order valence-electron chi connectivity index (χ3n) is 1.25. The molecule has 0 aromatic carbocycles. The highest BCUT2D eigenvalue weighted by Crippen LogP contribution is 1.97. The Bertz CT molecular complexity index is 212. The van der Waals surface area contributed by atoms with Crippen molar-refractivity contribution in [3.05, 3.63) is 36.1 Å². The van der Waals surface area contributed by atoms with E-state index in [0.717, 1.165) is 17.4 Å². The SMILES string of the molecule is C=CC(C)=COCC(C)=CC=O. The zero-order valence-corrected chi connectivity index (χ0v) is 7.54. The molecule has 0 atom stereocenters. The van der Waals surface area contributed by atoms with Crippen LogP contribution in [0.15, 0.2) is 36.1 Å². The number of carbonyl (C=O) groups is 1. The van der Waals surface area contributed by atoms with E-state index < -0.39 is 0 Å². The van der Waals surface area contributed by atoms with Gasteiger partial charge in [0.2, 0.25) is 0 Å². The molecule has 0 aromatic rings. The zero-order chi connectivity index (χ0) is 9.40. The van der Waals surface area contributed by atoms with Gasteiger partial charge in [0.05, 0.1) is 6.26 Å². The van der Waals surface area contributed by atoms with Gasteiger partial charge in [-0.15, -0.1) is 0 Å². The third-order valence-corrected chi connectivity index (χ3v) is 1.25. The maximum atomic E-state index is 10.0. The first-order valence-corrected chi connectivity index (χ1v) is 3.72. The predicted octanol–water partition coefficient (Wildman–Crippen LogP) is 2.24. The molecule has 66 valence electrons. The number of ether oxygens (including phenoxy) is 1. The Balaban J connectivity index is 3.76. The van der Waals surface area contributed by atoms with Crippen LogP contribution in [0.4, 0.5) is 0 Å². The molecule has 2 nitrogen and oxygen atoms in total. The lowest BCUT2D eigenvalue weighted by molar-refractivity contribution is -0.104. The van der Waals surface area contributed by atoms with E-state index >= 15 is 0 Å². The zero-order valence-electron chi connectivity index (χ0n) is 7.54. The van der Waals surface area contributed by atoms with Crippen molar-refractivity contribution < 1.29 is 9.53 Å². The third kappa shape index (κ3) is 5.47. The summed E-state index contributed by atoms with van der Waals surface area (Å²) < 4.78 is 5.14. The molecule has 0 aliphatic carbocycles. The van der Waals surface area contributed by atoms with Crippen molar-refractivity contribution in [3.8, 4) is 0 Å². The van der Waals surface area contributed by atoms with Crippen LogP contribution in [0, 0.1) is 0 Å². The van der Waals surface area contributed by atoms with Gasteiger partial charge >= 0.3 is 0 Å². The van der Waals surface area contributed by atoms with Crippen LogP contribution >= 0.6 is 0 Å². The van der Waals surface area contributed by atoms with E-state index in [1.807, 2.05) is 13.8 Å². The number of hydrogen-bond donors (Lipinski definition) is 0. The van der Waals surface area contributed by atoms with E-state index in [1.54, 1.807) is 12.3 Å². The minimum Gasteiger partial charge on any atom is -0.497 e. The lowest BCUT2D eigenvalue weighted by Gasteiger charge is -1.99. The van der Waals surface area contributed by atoms with Crippen LogP contribution in [-0.4, -0.2) is 12.9 Å². The molecule has 12 heavy (non-hydrogen) atoms. The summed E-state index contributed by atoms with van der Waals surface area (Å²) in [7, 11) is 0. The van der Waals surface area contributed by atoms with E-state index in [0.29, 0.717) is 6.61 Å². The summed E-state index contributed by atoms with van der Waals surface area (Å²) in [6, 6.07) is 0. The average Bonchev–Trinajstić information content (AvgIpc) is 2.04. The van der Waals surface area contributed by atoms with E-state index in [2.05, 4.69) is 6.58 Å². The Kier molecular flexibility index (Phi) is 5.70. The van der Waals surface area contributed by atoms with Crippen LogP contribution in [-0.2, 0) is 9.53 Å². The second kappa shape index (κ2) is 6.40. The fraction of sp³-hybridized carbons (Fsp3) is 0.300. The van der Waals surface area contributed by atoms with E-state index in [9.17, 15) is 4.79 Å². The van der Waals surface area contributed by atoms with Gasteiger partial charge in [-0.3, -0.25) is 4.79 Å². The standard InChI is InChI=1S/C10H14O2/c1-4-9(2)7-12-8-10(3)5-6-11/h4-7H,1,8H2,2-3H3. The molecule has 0 rings (SSSR count). The first kappa shape index (κ1) is 10.7. The quantitative estimate of drug-likeness (QED) is 0.271. The topological polar surface area (TPSA) is 26.3 Å². The van der Waals surface area contributed by atoms with Crippen molar-refractivity contribution in [1.82, 2.24) is 0 Å². The summed E-state index contributed by atoms with van der Waals surface area (Å²) in [5.41, 5.74) is 1.87. The molecule has 0 heterocycles. The number of aldehydes is 1. The van der Waals surface area contributed by atoms with Gasteiger partial charge in [-0.2, -0.15) is 0 Å². The highest BCUT2D eigenvalue weighted by Gasteiger charge is 1.86. The summed E-state index contributed by atoms with van der Waals surface area (Å²) in [5.74, 6) is 0. The van der Waals surface area contributed by atoms with Gasteiger partial charge in [-0.05, 0) is 31.1 Å². The highest BCUT2D eigenvalue weighted by molar-refractivity contribution is 5.65. The second-order valence-electron chi connectivity index (χ2n) is 2.53. The number of rotatable bonds is 5. The van der Waals surface area contributed by atoms with Gasteiger partial charge in [0, 0.05) is 0 Å². The highest BCUT2D eigenvalue weighted by atomic mass is 16.5. The smallest absolute Gasteiger partial charge is 0.142 e. The summed E-state index contributed by atoms with van der Waals surface area (Å²) in [6.45, 7) is 7.76. The fourth-order valence-corrected chi connectivity index (χ4v) is 0.517. The number of carbonyl (C=O) groups excluding carboxylic acids is 1. The van der Waals surface area contributed by atoms with Gasteiger partial charge in [0.25, 0.3) is 0 Å². The lowest BCUT2D eigenvalue weighted by atomic mass is 10.3. The van der Waals surface area contributed by atoms with Crippen LogP contribution in [0.25, 0.3) is 0 Å². The molecule has 0 aliphatic heterocycles. The van der Waals surface area contributed by atoms with Crippen LogP contribution < -0.4 is 0 Å². The molecule has 0 spiro atoms. The Morgan fingerprint density at radius 2 is 2.17 bits per heavy atom. The van der Waals surface area contributed by atoms with Crippen LogP contribution in [0.2, 0.25) is 0 Å². The fourth-order valence-electron chi connectivity index (χ4n) is 0.517. The van der Waals surface area contributed by atoms with Crippen molar-refractivity contribution >= 4 is 6.29 Å². The van der Waals surface area contributed by atoms with Gasteiger partial charge in [-0.25, -0.2) is 0 Å². The maximum absolute atomic E-state index is 10.0. The van der Waals surface area contributed by atoms with Crippen molar-refractivity contribution in [2.75, 3.05) is 6.61 Å². The molecule has 2 heteroatoms. The van der Waals surface area contributed by atoms with Crippen molar-refractivity contribution in [1.29, 1.82) is 0 Å². The Morgan fingerprint density at radius 3 is 2.67 bits per heavy atom. The molecule has 0 unspecified atom stereocenters. The molecule has 0 radical (unpaired) electrons. The van der Waals surface area contributed by atoms with E-state index in [1.165, 1.54) is 6.08 Å². The molecule has 0 aromatic heterocycles. The summed E-state index contributed by atoms with van der Waals surface area (Å²) in [4.78, 5) is 10.0. The summed E-state index contributed by atoms with van der Waals surface area (Å²) in [6.07, 6.45) is 5.56. The van der Waals surface area contributed by atoms with Crippen LogP contribution in [0.1, 0.15) is 13.8 Å². The second-order valence-corrected chi connectivity index (χ2v) is 2.53. The Hall–Kier alpha value is -1.31. The van der Waals surface area contributed by atoms with Crippen molar-refractivity contribution in [2.24, 2.45) is 0 Å². The monoisotopic (exact) mass is 166 g/mol. The summed E-state index contributed by atoms with van der Waals surface area (Å²) in [5, 5.41) is 0. The molecule has 0 saturated heterocycles. The predicted molar refractivity (Wildman–Crippen MR) is 49.7 cm³/mol. The lowest BCUT2D eigenvalue weighted by Crippen LogP contribution is -1.90. The molecular weight excluding hydrogens is 152 g/mol. The molecule has 0 amide bonds. The Morgan fingerprint density at radius 1 is 1.50 bits per heavy atom. The van der Waals surface area contributed by atoms with E-state index in [4.69, 9.17) is 4.74 Å². The van der Waals surface area contributed by atoms with Crippen LogP contribution in [0.5, 0.6) is 0 Å². The minimum atomic E-state index is 0.448. The summed E-state index contributed by atoms with van der Waals surface area (Å²) >= 11 is 0. The van der Waals surface area contributed by atoms with Crippen molar-refractivity contribution in [2.45, 2.75) is 13.8 Å². The maximum Gasteiger partial charge on any atom is 0.142 e. The van der Waals surface area contributed by atoms with Gasteiger partial charge in [0.1, 0.15) is 12.9 Å². The molecule has 0 saturated carbocycles. The Labute approximate surface area is 73.2 Å². The first-order valence-electron chi connectivity index (χ1n) is 3.72. The first-order chi connectivity index (χ1) is 5.70. The average molecular weight is 166 g/mol. The molecular formula is C10H14O2.